The normalized spacial score (nSPS) is 16.0. The number of pyridine rings is 2. The third kappa shape index (κ3) is 3.48. The minimum Gasteiger partial charge on any atom is -0.370 e. The average molecular weight is 348 g/mol. The van der Waals surface area contributed by atoms with Gasteiger partial charge in [-0.3, -0.25) is 14.7 Å². The van der Waals surface area contributed by atoms with Gasteiger partial charge in [-0.05, 0) is 42.5 Å². The van der Waals surface area contributed by atoms with Crippen molar-refractivity contribution in [2.45, 2.75) is 19.9 Å². The summed E-state index contributed by atoms with van der Waals surface area (Å²) >= 11 is 0. The zero-order valence-corrected chi connectivity index (χ0v) is 15.1. The molecule has 1 aliphatic heterocycles. The Labute approximate surface area is 153 Å². The highest BCUT2D eigenvalue weighted by Crippen LogP contribution is 2.20. The molecule has 0 amide bonds. The molecule has 26 heavy (non-hydrogen) atoms. The summed E-state index contributed by atoms with van der Waals surface area (Å²) in [6, 6.07) is 12.1. The minimum absolute atomic E-state index is 0.0229. The molecule has 1 N–H and O–H groups in total. The van der Waals surface area contributed by atoms with E-state index in [4.69, 9.17) is 0 Å². The van der Waals surface area contributed by atoms with Gasteiger partial charge in [0.2, 0.25) is 0 Å². The number of H-pyrrole nitrogens is 1. The zero-order chi connectivity index (χ0) is 17.9. The number of nitrogens with zero attached hydrogens (tertiary/aromatic N) is 3. The minimum atomic E-state index is 0.0229. The number of benzene rings is 1. The van der Waals surface area contributed by atoms with Gasteiger partial charge in [0.05, 0.1) is 0 Å². The summed E-state index contributed by atoms with van der Waals surface area (Å²) in [7, 11) is 0. The Hall–Kier alpha value is -2.66. The monoisotopic (exact) mass is 348 g/mol. The molecule has 1 aromatic carbocycles. The van der Waals surface area contributed by atoms with Crippen LogP contribution in [0.2, 0.25) is 0 Å². The van der Waals surface area contributed by atoms with Crippen molar-refractivity contribution in [3.05, 3.63) is 70.3 Å². The lowest BCUT2D eigenvalue weighted by molar-refractivity contribution is 0.284. The van der Waals surface area contributed by atoms with Crippen molar-refractivity contribution in [1.82, 2.24) is 14.9 Å². The Kier molecular flexibility index (Phi) is 4.71. The molecule has 0 aliphatic carbocycles. The first-order valence-corrected chi connectivity index (χ1v) is 9.19. The molecule has 1 aliphatic rings. The van der Waals surface area contributed by atoms with Crippen LogP contribution in [-0.2, 0) is 6.54 Å². The van der Waals surface area contributed by atoms with Crippen LogP contribution >= 0.6 is 0 Å². The highest BCUT2D eigenvalue weighted by Gasteiger charge is 2.17. The summed E-state index contributed by atoms with van der Waals surface area (Å²) in [6.45, 7) is 6.77. The average Bonchev–Trinajstić information content (AvgIpc) is 2.88. The van der Waals surface area contributed by atoms with Gasteiger partial charge in [0.25, 0.3) is 5.56 Å². The molecule has 0 saturated carbocycles. The number of anilines is 1. The number of aromatic nitrogens is 2. The topological polar surface area (TPSA) is 52.2 Å². The largest absolute Gasteiger partial charge is 0.370 e. The molecule has 3 aromatic rings. The number of para-hydroxylation sites is 1. The van der Waals surface area contributed by atoms with Gasteiger partial charge in [-0.2, -0.15) is 0 Å². The quantitative estimate of drug-likeness (QED) is 0.791. The van der Waals surface area contributed by atoms with E-state index < -0.39 is 0 Å². The maximum atomic E-state index is 12.4. The second kappa shape index (κ2) is 7.30. The Balaban J connectivity index is 1.49. The van der Waals surface area contributed by atoms with E-state index >= 15 is 0 Å². The second-order valence-corrected chi connectivity index (χ2v) is 6.99. The van der Waals surface area contributed by atoms with E-state index in [-0.39, 0.29) is 5.56 Å². The summed E-state index contributed by atoms with van der Waals surface area (Å²) in [6.07, 6.45) is 4.87. The third-order valence-corrected chi connectivity index (χ3v) is 5.14. The van der Waals surface area contributed by atoms with Gasteiger partial charge in [-0.25, -0.2) is 0 Å². The first kappa shape index (κ1) is 16.8. The van der Waals surface area contributed by atoms with Crippen molar-refractivity contribution in [3.63, 3.8) is 0 Å². The van der Waals surface area contributed by atoms with Crippen LogP contribution in [0.5, 0.6) is 0 Å². The van der Waals surface area contributed by atoms with E-state index in [0.717, 1.165) is 49.1 Å². The van der Waals surface area contributed by atoms with Gasteiger partial charge in [-0.1, -0.05) is 18.2 Å². The van der Waals surface area contributed by atoms with E-state index in [1.54, 1.807) is 0 Å². The van der Waals surface area contributed by atoms with E-state index in [0.29, 0.717) is 6.54 Å². The van der Waals surface area contributed by atoms with Crippen LogP contribution in [0.3, 0.4) is 0 Å². The summed E-state index contributed by atoms with van der Waals surface area (Å²) in [5.41, 5.74) is 4.25. The predicted octanol–water partition coefficient (Wildman–Crippen LogP) is 2.94. The third-order valence-electron chi connectivity index (χ3n) is 5.14. The Bertz CT molecular complexity index is 965. The Morgan fingerprint density at radius 3 is 2.88 bits per heavy atom. The number of hydrogen-bond donors (Lipinski definition) is 1. The van der Waals surface area contributed by atoms with Gasteiger partial charge in [-0.15, -0.1) is 0 Å². The highest BCUT2D eigenvalue weighted by atomic mass is 16.1. The molecule has 0 unspecified atom stereocenters. The molecular weight excluding hydrogens is 324 g/mol. The first-order chi connectivity index (χ1) is 12.7. The van der Waals surface area contributed by atoms with Crippen LogP contribution in [0.1, 0.15) is 17.5 Å². The molecule has 0 radical (unpaired) electrons. The fourth-order valence-corrected chi connectivity index (χ4v) is 3.74. The lowest BCUT2D eigenvalue weighted by Gasteiger charge is -2.25. The molecule has 4 rings (SSSR count). The lowest BCUT2D eigenvalue weighted by Crippen LogP contribution is -2.32. The molecule has 1 fully saturated rings. The molecule has 5 nitrogen and oxygen atoms in total. The maximum Gasteiger partial charge on any atom is 0.252 e. The maximum absolute atomic E-state index is 12.4. The van der Waals surface area contributed by atoms with Crippen molar-refractivity contribution in [1.29, 1.82) is 0 Å². The molecule has 1 saturated heterocycles. The van der Waals surface area contributed by atoms with Crippen LogP contribution in [0.4, 0.5) is 5.69 Å². The van der Waals surface area contributed by atoms with Crippen molar-refractivity contribution in [2.24, 2.45) is 0 Å². The number of rotatable bonds is 3. The van der Waals surface area contributed by atoms with E-state index in [2.05, 4.69) is 32.8 Å². The van der Waals surface area contributed by atoms with Crippen LogP contribution in [0.25, 0.3) is 10.9 Å². The summed E-state index contributed by atoms with van der Waals surface area (Å²) in [4.78, 5) is 24.4. The number of hydrogen-bond acceptors (Lipinski definition) is 4. The number of aryl methyl sites for hydroxylation is 1. The summed E-state index contributed by atoms with van der Waals surface area (Å²) in [5, 5.41) is 1.09. The number of aromatic amines is 1. The molecular formula is C21H24N4O. The molecule has 0 spiro atoms. The summed E-state index contributed by atoms with van der Waals surface area (Å²) in [5.74, 6) is 0. The van der Waals surface area contributed by atoms with Crippen LogP contribution < -0.4 is 10.5 Å². The molecule has 134 valence electrons. The molecule has 0 bridgehead atoms. The number of fused-ring (bicyclic) bond motifs is 1. The zero-order valence-electron chi connectivity index (χ0n) is 15.1. The second-order valence-electron chi connectivity index (χ2n) is 6.99. The van der Waals surface area contributed by atoms with E-state index in [9.17, 15) is 4.79 Å². The molecule has 3 heterocycles. The van der Waals surface area contributed by atoms with Crippen LogP contribution in [-0.4, -0.2) is 41.0 Å². The van der Waals surface area contributed by atoms with Crippen LogP contribution in [0, 0.1) is 6.92 Å². The molecule has 0 atom stereocenters. The SMILES string of the molecule is Cc1cnccc1N1CCCN(Cc2cc3ccccc3[nH]c2=O)CC1. The Morgan fingerprint density at radius 1 is 1.12 bits per heavy atom. The van der Waals surface area contributed by atoms with Crippen molar-refractivity contribution in [3.8, 4) is 0 Å². The molecule has 2 aromatic heterocycles. The van der Waals surface area contributed by atoms with Gasteiger partial charge >= 0.3 is 0 Å². The fraction of sp³-hybridized carbons (Fsp3) is 0.333. The standard InChI is InChI=1S/C21H24N4O/c1-16-14-22-8-7-20(16)25-10-4-9-24(11-12-25)15-18-13-17-5-2-3-6-19(17)23-21(18)26/h2-3,5-8,13-14H,4,9-12,15H2,1H3,(H,23,26). The van der Waals surface area contributed by atoms with Crippen molar-refractivity contribution < 1.29 is 0 Å². The lowest BCUT2D eigenvalue weighted by atomic mass is 10.1. The van der Waals surface area contributed by atoms with Crippen molar-refractivity contribution in [2.75, 3.05) is 31.1 Å². The Morgan fingerprint density at radius 2 is 2.00 bits per heavy atom. The van der Waals surface area contributed by atoms with Gasteiger partial charge in [0.1, 0.15) is 0 Å². The number of nitrogens with one attached hydrogen (secondary N) is 1. The van der Waals surface area contributed by atoms with Crippen molar-refractivity contribution >= 4 is 16.6 Å². The van der Waals surface area contributed by atoms with Crippen LogP contribution in [0.15, 0.2) is 53.6 Å². The van der Waals surface area contributed by atoms with Gasteiger partial charge in [0, 0.05) is 61.9 Å². The van der Waals surface area contributed by atoms with E-state index in [1.807, 2.05) is 42.7 Å². The predicted molar refractivity (Wildman–Crippen MR) is 106 cm³/mol. The highest BCUT2D eigenvalue weighted by molar-refractivity contribution is 5.78. The smallest absolute Gasteiger partial charge is 0.252 e. The first-order valence-electron chi connectivity index (χ1n) is 9.19. The van der Waals surface area contributed by atoms with E-state index in [1.165, 1.54) is 11.3 Å². The summed E-state index contributed by atoms with van der Waals surface area (Å²) < 4.78 is 0. The van der Waals surface area contributed by atoms with Gasteiger partial charge in [0.15, 0.2) is 0 Å². The molecule has 5 heteroatoms. The van der Waals surface area contributed by atoms with Gasteiger partial charge < -0.3 is 9.88 Å². The fourth-order valence-electron chi connectivity index (χ4n) is 3.74.